The Kier molecular flexibility index (Phi) is 33.7. The van der Waals surface area contributed by atoms with Crippen LogP contribution in [0.1, 0.15) is 172 Å². The van der Waals surface area contributed by atoms with E-state index in [4.69, 9.17) is 15.2 Å². The van der Waals surface area contributed by atoms with Crippen molar-refractivity contribution < 1.29 is 19.1 Å². The van der Waals surface area contributed by atoms with Gasteiger partial charge < -0.3 is 25.8 Å². The Bertz CT molecular complexity index is 665. The first kappa shape index (κ1) is 48.2. The molecule has 45 heavy (non-hydrogen) atoms. The van der Waals surface area contributed by atoms with Crippen LogP contribution in [-0.2, 0) is 19.1 Å². The van der Waals surface area contributed by atoms with Gasteiger partial charge in [-0.05, 0) is 13.0 Å². The molecule has 0 aromatic carbocycles. The Morgan fingerprint density at radius 2 is 0.889 bits per heavy atom. The van der Waals surface area contributed by atoms with Crippen molar-refractivity contribution in [3.63, 3.8) is 0 Å². The minimum atomic E-state index is -0.189. The van der Waals surface area contributed by atoms with Crippen LogP contribution in [0.5, 0.6) is 0 Å². The molecule has 0 aliphatic carbocycles. The van der Waals surface area contributed by atoms with Gasteiger partial charge in [0.15, 0.2) is 0 Å². The van der Waals surface area contributed by atoms with E-state index in [1.54, 1.807) is 0 Å². The maximum Gasteiger partial charge on any atom is 0.222 e. The van der Waals surface area contributed by atoms with Crippen LogP contribution in [0.15, 0.2) is 0 Å². The molecule has 0 saturated heterocycles. The molecule has 0 saturated carbocycles. The SMILES string of the molecule is CC.CC.CCCCCCCCCCCCCCCC(=O)NCC(C)(C)COCC(C)(C)CNC(=O)CCOCC(C)(C)CN. The minimum absolute atomic E-state index is 0.0184. The smallest absolute Gasteiger partial charge is 0.222 e. The van der Waals surface area contributed by atoms with Crippen LogP contribution < -0.4 is 16.4 Å². The summed E-state index contributed by atoms with van der Waals surface area (Å²) in [6.45, 7) is 26.5. The van der Waals surface area contributed by atoms with Crippen molar-refractivity contribution in [1.82, 2.24) is 10.6 Å². The summed E-state index contributed by atoms with van der Waals surface area (Å²) in [4.78, 5) is 24.5. The molecule has 272 valence electrons. The molecule has 0 radical (unpaired) electrons. The van der Waals surface area contributed by atoms with Crippen molar-refractivity contribution >= 4 is 11.8 Å². The van der Waals surface area contributed by atoms with Crippen LogP contribution in [0.3, 0.4) is 0 Å². The van der Waals surface area contributed by atoms with E-state index in [1.807, 2.05) is 41.5 Å². The number of nitrogens with one attached hydrogen (secondary N) is 2. The van der Waals surface area contributed by atoms with E-state index in [2.05, 4.69) is 45.3 Å². The van der Waals surface area contributed by atoms with Crippen LogP contribution in [0.25, 0.3) is 0 Å². The van der Waals surface area contributed by atoms with Crippen LogP contribution in [-0.4, -0.2) is 57.9 Å². The third kappa shape index (κ3) is 35.5. The third-order valence-corrected chi connectivity index (χ3v) is 7.54. The summed E-state index contributed by atoms with van der Waals surface area (Å²) in [6.07, 6.45) is 18.0. The van der Waals surface area contributed by atoms with E-state index in [1.165, 1.54) is 70.6 Å². The van der Waals surface area contributed by atoms with Gasteiger partial charge in [0.25, 0.3) is 0 Å². The van der Waals surface area contributed by atoms with E-state index >= 15 is 0 Å². The second-order valence-corrected chi connectivity index (χ2v) is 14.5. The molecule has 7 heteroatoms. The maximum absolute atomic E-state index is 12.3. The number of carbonyl (C=O) groups is 2. The van der Waals surface area contributed by atoms with Crippen molar-refractivity contribution in [3.05, 3.63) is 0 Å². The predicted octanol–water partition coefficient (Wildman–Crippen LogP) is 9.21. The lowest BCUT2D eigenvalue weighted by Crippen LogP contribution is -2.40. The van der Waals surface area contributed by atoms with Gasteiger partial charge in [-0.15, -0.1) is 0 Å². The Morgan fingerprint density at radius 3 is 1.29 bits per heavy atom. The van der Waals surface area contributed by atoms with Crippen molar-refractivity contribution in [2.45, 2.75) is 172 Å². The standard InChI is InChI=1S/C34H69N3O4.2C2H6/c1-8-9-10-11-12-13-14-15-16-17-18-19-20-21-30(38)36-25-33(4,5)28-41-29-34(6,7)26-37-31(39)22-23-40-27-32(2,3)24-35;2*1-2/h8-29,35H2,1-7H3,(H,36,38)(H,37,39);2*1-2H3. The largest absolute Gasteiger partial charge is 0.380 e. The Morgan fingerprint density at radius 1 is 0.533 bits per heavy atom. The van der Waals surface area contributed by atoms with Gasteiger partial charge in [0, 0.05) is 42.2 Å². The molecule has 0 fully saturated rings. The van der Waals surface area contributed by atoms with Gasteiger partial charge in [-0.2, -0.15) is 0 Å². The van der Waals surface area contributed by atoms with E-state index in [0.29, 0.717) is 58.9 Å². The average molecular weight is 644 g/mol. The quantitative estimate of drug-likeness (QED) is 0.0738. The molecule has 0 aromatic heterocycles. The molecular formula is C38H81N3O4. The highest BCUT2D eigenvalue weighted by atomic mass is 16.5. The first-order valence-electron chi connectivity index (χ1n) is 18.7. The van der Waals surface area contributed by atoms with Crippen LogP contribution in [0, 0.1) is 16.2 Å². The number of rotatable bonds is 28. The molecule has 0 unspecified atom stereocenters. The normalized spacial score (nSPS) is 11.6. The van der Waals surface area contributed by atoms with Gasteiger partial charge in [-0.3, -0.25) is 9.59 Å². The average Bonchev–Trinajstić information content (AvgIpc) is 3.01. The third-order valence-electron chi connectivity index (χ3n) is 7.54. The number of amides is 2. The molecule has 0 heterocycles. The fraction of sp³-hybridized carbons (Fsp3) is 0.947. The molecule has 7 nitrogen and oxygen atoms in total. The Labute approximate surface area is 281 Å². The lowest BCUT2D eigenvalue weighted by atomic mass is 9.93. The second kappa shape index (κ2) is 31.4. The van der Waals surface area contributed by atoms with E-state index in [-0.39, 0.29) is 28.1 Å². The number of unbranched alkanes of at least 4 members (excludes halogenated alkanes) is 12. The molecule has 0 aromatic rings. The second-order valence-electron chi connectivity index (χ2n) is 14.5. The van der Waals surface area contributed by atoms with Crippen molar-refractivity contribution in [2.75, 3.05) is 46.1 Å². The summed E-state index contributed by atoms with van der Waals surface area (Å²) in [5, 5.41) is 6.09. The van der Waals surface area contributed by atoms with Gasteiger partial charge >= 0.3 is 0 Å². The summed E-state index contributed by atoms with van der Waals surface area (Å²) < 4.78 is 11.6. The number of hydrogen-bond acceptors (Lipinski definition) is 5. The maximum atomic E-state index is 12.3. The van der Waals surface area contributed by atoms with Crippen LogP contribution >= 0.6 is 0 Å². The zero-order valence-electron chi connectivity index (χ0n) is 32.3. The molecule has 0 atom stereocenters. The Hall–Kier alpha value is -1.18. The topological polar surface area (TPSA) is 103 Å². The number of nitrogens with two attached hydrogens (primary N) is 1. The lowest BCUT2D eigenvalue weighted by Gasteiger charge is -2.29. The molecule has 0 aliphatic heterocycles. The fourth-order valence-corrected chi connectivity index (χ4v) is 4.43. The predicted molar refractivity (Wildman–Crippen MR) is 196 cm³/mol. The van der Waals surface area contributed by atoms with E-state index < -0.39 is 0 Å². The highest BCUT2D eigenvalue weighted by molar-refractivity contribution is 5.76. The van der Waals surface area contributed by atoms with Gasteiger partial charge in [0.1, 0.15) is 0 Å². The molecule has 2 amide bonds. The number of carbonyl (C=O) groups excluding carboxylic acids is 2. The number of ether oxygens (including phenoxy) is 2. The molecule has 0 rings (SSSR count). The van der Waals surface area contributed by atoms with Crippen molar-refractivity contribution in [2.24, 2.45) is 22.0 Å². The van der Waals surface area contributed by atoms with Crippen LogP contribution in [0.4, 0.5) is 0 Å². The summed E-state index contributed by atoms with van der Waals surface area (Å²) in [5.74, 6) is 0.120. The number of hydrogen-bond donors (Lipinski definition) is 3. The Balaban J connectivity index is -0.00000422. The van der Waals surface area contributed by atoms with E-state index in [0.717, 1.165) is 12.8 Å². The van der Waals surface area contributed by atoms with Gasteiger partial charge in [-0.25, -0.2) is 0 Å². The zero-order chi connectivity index (χ0) is 35.0. The lowest BCUT2D eigenvalue weighted by molar-refractivity contribution is -0.123. The minimum Gasteiger partial charge on any atom is -0.380 e. The van der Waals surface area contributed by atoms with Crippen molar-refractivity contribution in [3.8, 4) is 0 Å². The highest BCUT2D eigenvalue weighted by Crippen LogP contribution is 2.19. The monoisotopic (exact) mass is 644 g/mol. The summed E-state index contributed by atoms with van der Waals surface area (Å²) >= 11 is 0. The van der Waals surface area contributed by atoms with E-state index in [9.17, 15) is 9.59 Å². The molecule has 0 spiro atoms. The molecule has 4 N–H and O–H groups in total. The van der Waals surface area contributed by atoms with Gasteiger partial charge in [0.05, 0.1) is 26.4 Å². The van der Waals surface area contributed by atoms with Crippen molar-refractivity contribution in [1.29, 1.82) is 0 Å². The summed E-state index contributed by atoms with van der Waals surface area (Å²) in [6, 6.07) is 0. The highest BCUT2D eigenvalue weighted by Gasteiger charge is 2.24. The summed E-state index contributed by atoms with van der Waals surface area (Å²) in [7, 11) is 0. The van der Waals surface area contributed by atoms with Crippen LogP contribution in [0.2, 0.25) is 0 Å². The fourth-order valence-electron chi connectivity index (χ4n) is 4.43. The van der Waals surface area contributed by atoms with Gasteiger partial charge in [0.2, 0.25) is 11.8 Å². The molecule has 0 aliphatic rings. The van der Waals surface area contributed by atoms with Gasteiger partial charge in [-0.1, -0.05) is 153 Å². The molecular weight excluding hydrogens is 562 g/mol. The zero-order valence-corrected chi connectivity index (χ0v) is 32.3. The molecule has 0 bridgehead atoms. The summed E-state index contributed by atoms with van der Waals surface area (Å²) in [5.41, 5.74) is 5.29. The first-order chi connectivity index (χ1) is 21.3. The first-order valence-corrected chi connectivity index (χ1v) is 18.7.